The fourth-order valence-electron chi connectivity index (χ4n) is 1.26. The lowest BCUT2D eigenvalue weighted by molar-refractivity contribution is 0.266. The Bertz CT molecular complexity index is 407. The first kappa shape index (κ1) is 9.78. The second-order valence-electron chi connectivity index (χ2n) is 3.69. The quantitative estimate of drug-likeness (QED) is 0.753. The molecular formula is C11H13N3O. The van der Waals surface area contributed by atoms with Gasteiger partial charge in [-0.05, 0) is 19.8 Å². The Balaban J connectivity index is 2.20. The van der Waals surface area contributed by atoms with Gasteiger partial charge in [-0.15, -0.1) is 6.42 Å². The lowest BCUT2D eigenvalue weighted by Gasteiger charge is -2.09. The molecule has 1 atom stereocenters. The zero-order valence-electron chi connectivity index (χ0n) is 8.60. The average Bonchev–Trinajstić information content (AvgIpc) is 2.99. The normalized spacial score (nSPS) is 16.8. The first-order valence-corrected chi connectivity index (χ1v) is 4.96. The third-order valence-electron chi connectivity index (χ3n) is 2.21. The van der Waals surface area contributed by atoms with Gasteiger partial charge in [-0.25, -0.2) is 4.98 Å². The van der Waals surface area contributed by atoms with Crippen molar-refractivity contribution in [3.05, 3.63) is 11.9 Å². The number of nitrogens with zero attached hydrogens (tertiary/aromatic N) is 2. The van der Waals surface area contributed by atoms with Crippen LogP contribution in [0.15, 0.2) is 6.07 Å². The number of terminal acetylenes is 1. The molecule has 0 amide bonds. The number of nitrogens with two attached hydrogens (primary N) is 1. The van der Waals surface area contributed by atoms with E-state index in [1.807, 2.05) is 0 Å². The smallest absolute Gasteiger partial charge is 0.219 e. The van der Waals surface area contributed by atoms with Crippen LogP contribution in [0, 0.1) is 12.3 Å². The number of nitrogen functional groups attached to an aromatic ring is 1. The fourth-order valence-corrected chi connectivity index (χ4v) is 1.26. The summed E-state index contributed by atoms with van der Waals surface area (Å²) in [6.45, 7) is 1.79. The summed E-state index contributed by atoms with van der Waals surface area (Å²) in [5, 5.41) is 0. The van der Waals surface area contributed by atoms with Crippen LogP contribution in [0.2, 0.25) is 0 Å². The Kier molecular flexibility index (Phi) is 2.46. The van der Waals surface area contributed by atoms with E-state index in [9.17, 15) is 0 Å². The molecule has 0 saturated heterocycles. The third kappa shape index (κ3) is 2.38. The van der Waals surface area contributed by atoms with Crippen LogP contribution in [0.4, 0.5) is 5.82 Å². The minimum absolute atomic E-state index is 0.300. The predicted octanol–water partition coefficient (Wildman–Crippen LogP) is 1.34. The standard InChI is InChI=1S/C11H13N3O/c1-3-7(2)15-10-6-9(12)13-11(14-10)8-4-5-8/h1,6-8H,4-5H2,2H3,(H2,12,13,14). The van der Waals surface area contributed by atoms with E-state index in [2.05, 4.69) is 15.9 Å². The van der Waals surface area contributed by atoms with E-state index < -0.39 is 0 Å². The highest BCUT2D eigenvalue weighted by Crippen LogP contribution is 2.38. The van der Waals surface area contributed by atoms with E-state index in [0.717, 1.165) is 18.7 Å². The summed E-state index contributed by atoms with van der Waals surface area (Å²) in [6, 6.07) is 1.60. The Morgan fingerprint density at radius 1 is 1.60 bits per heavy atom. The van der Waals surface area contributed by atoms with Crippen molar-refractivity contribution in [2.75, 3.05) is 5.73 Å². The number of rotatable bonds is 3. The molecule has 1 aliphatic carbocycles. The highest BCUT2D eigenvalue weighted by atomic mass is 16.5. The van der Waals surface area contributed by atoms with Crippen LogP contribution < -0.4 is 10.5 Å². The second kappa shape index (κ2) is 3.77. The molecule has 1 heterocycles. The molecule has 78 valence electrons. The molecule has 15 heavy (non-hydrogen) atoms. The predicted molar refractivity (Wildman–Crippen MR) is 57.3 cm³/mol. The first-order chi connectivity index (χ1) is 7.19. The summed E-state index contributed by atoms with van der Waals surface area (Å²) >= 11 is 0. The SMILES string of the molecule is C#CC(C)Oc1cc(N)nc(C2CC2)n1. The molecule has 1 unspecified atom stereocenters. The molecule has 0 aliphatic heterocycles. The van der Waals surface area contributed by atoms with E-state index in [1.54, 1.807) is 13.0 Å². The molecule has 4 nitrogen and oxygen atoms in total. The monoisotopic (exact) mass is 203 g/mol. The topological polar surface area (TPSA) is 61.0 Å². The third-order valence-corrected chi connectivity index (χ3v) is 2.21. The molecule has 1 aliphatic rings. The summed E-state index contributed by atoms with van der Waals surface area (Å²) in [4.78, 5) is 8.44. The summed E-state index contributed by atoms with van der Waals surface area (Å²) in [6.07, 6.45) is 7.18. The van der Waals surface area contributed by atoms with Crippen molar-refractivity contribution in [2.45, 2.75) is 31.8 Å². The Hall–Kier alpha value is -1.76. The number of hydrogen-bond donors (Lipinski definition) is 1. The molecule has 2 rings (SSSR count). The molecule has 0 spiro atoms. The molecular weight excluding hydrogens is 190 g/mol. The van der Waals surface area contributed by atoms with Crippen molar-refractivity contribution >= 4 is 5.82 Å². The van der Waals surface area contributed by atoms with Crippen molar-refractivity contribution in [2.24, 2.45) is 0 Å². The van der Waals surface area contributed by atoms with E-state index in [1.165, 1.54) is 0 Å². The zero-order valence-corrected chi connectivity index (χ0v) is 8.60. The van der Waals surface area contributed by atoms with Crippen LogP contribution in [0.1, 0.15) is 31.5 Å². The first-order valence-electron chi connectivity index (χ1n) is 4.96. The summed E-state index contributed by atoms with van der Waals surface area (Å²) in [7, 11) is 0. The maximum atomic E-state index is 5.66. The van der Waals surface area contributed by atoms with Crippen LogP contribution >= 0.6 is 0 Å². The largest absolute Gasteiger partial charge is 0.461 e. The Labute approximate surface area is 88.9 Å². The van der Waals surface area contributed by atoms with Gasteiger partial charge in [0, 0.05) is 12.0 Å². The molecule has 4 heteroatoms. The van der Waals surface area contributed by atoms with E-state index in [0.29, 0.717) is 17.6 Å². The van der Waals surface area contributed by atoms with Crippen molar-refractivity contribution in [3.63, 3.8) is 0 Å². The van der Waals surface area contributed by atoms with Gasteiger partial charge in [0.05, 0.1) is 0 Å². The summed E-state index contributed by atoms with van der Waals surface area (Å²) in [5.41, 5.74) is 5.66. The van der Waals surface area contributed by atoms with Gasteiger partial charge in [0.2, 0.25) is 5.88 Å². The minimum Gasteiger partial charge on any atom is -0.461 e. The molecule has 1 fully saturated rings. The highest BCUT2D eigenvalue weighted by Gasteiger charge is 2.27. The summed E-state index contributed by atoms with van der Waals surface area (Å²) in [5.74, 6) is 4.61. The maximum Gasteiger partial charge on any atom is 0.219 e. The van der Waals surface area contributed by atoms with Gasteiger partial charge < -0.3 is 10.5 Å². The Morgan fingerprint density at radius 3 is 2.93 bits per heavy atom. The molecule has 0 radical (unpaired) electrons. The van der Waals surface area contributed by atoms with Gasteiger partial charge in [-0.3, -0.25) is 0 Å². The molecule has 1 aromatic rings. The van der Waals surface area contributed by atoms with Crippen molar-refractivity contribution < 1.29 is 4.74 Å². The maximum absolute atomic E-state index is 5.66. The number of anilines is 1. The summed E-state index contributed by atoms with van der Waals surface area (Å²) < 4.78 is 5.40. The van der Waals surface area contributed by atoms with Crippen molar-refractivity contribution in [1.82, 2.24) is 9.97 Å². The highest BCUT2D eigenvalue weighted by molar-refractivity contribution is 5.34. The van der Waals surface area contributed by atoms with E-state index in [4.69, 9.17) is 16.9 Å². The molecule has 0 aromatic carbocycles. The lowest BCUT2D eigenvalue weighted by Crippen LogP contribution is -2.11. The van der Waals surface area contributed by atoms with Crippen molar-refractivity contribution in [1.29, 1.82) is 0 Å². The zero-order chi connectivity index (χ0) is 10.8. The van der Waals surface area contributed by atoms with Crippen LogP contribution in [0.5, 0.6) is 5.88 Å². The van der Waals surface area contributed by atoms with Crippen LogP contribution in [0.25, 0.3) is 0 Å². The number of ether oxygens (including phenoxy) is 1. The minimum atomic E-state index is -0.300. The van der Waals surface area contributed by atoms with Gasteiger partial charge in [-0.2, -0.15) is 4.98 Å². The van der Waals surface area contributed by atoms with Gasteiger partial charge in [-0.1, -0.05) is 5.92 Å². The Morgan fingerprint density at radius 2 is 2.33 bits per heavy atom. The molecule has 1 aromatic heterocycles. The van der Waals surface area contributed by atoms with E-state index in [-0.39, 0.29) is 6.10 Å². The van der Waals surface area contributed by atoms with Crippen molar-refractivity contribution in [3.8, 4) is 18.2 Å². The van der Waals surface area contributed by atoms with Gasteiger partial charge in [0.1, 0.15) is 11.6 Å². The second-order valence-corrected chi connectivity index (χ2v) is 3.69. The fraction of sp³-hybridized carbons (Fsp3) is 0.455. The van der Waals surface area contributed by atoms with Crippen LogP contribution in [0.3, 0.4) is 0 Å². The molecule has 2 N–H and O–H groups in total. The molecule has 0 bridgehead atoms. The van der Waals surface area contributed by atoms with Gasteiger partial charge >= 0.3 is 0 Å². The number of aromatic nitrogens is 2. The van der Waals surface area contributed by atoms with Gasteiger partial charge in [0.15, 0.2) is 6.10 Å². The van der Waals surface area contributed by atoms with Crippen LogP contribution in [-0.4, -0.2) is 16.1 Å². The lowest BCUT2D eigenvalue weighted by atomic mass is 10.4. The molecule has 1 saturated carbocycles. The average molecular weight is 203 g/mol. The number of hydrogen-bond acceptors (Lipinski definition) is 4. The van der Waals surface area contributed by atoms with E-state index >= 15 is 0 Å². The van der Waals surface area contributed by atoms with Gasteiger partial charge in [0.25, 0.3) is 0 Å². The van der Waals surface area contributed by atoms with Crippen LogP contribution in [-0.2, 0) is 0 Å².